The van der Waals surface area contributed by atoms with Gasteiger partial charge >= 0.3 is 5.97 Å². The Kier molecular flexibility index (Phi) is 1.99. The summed E-state index contributed by atoms with van der Waals surface area (Å²) in [5, 5.41) is 3.42. The minimum atomic E-state index is -0.357. The van der Waals surface area contributed by atoms with E-state index in [4.69, 9.17) is 0 Å². The molecule has 1 rings (SSSR count). The quantitative estimate of drug-likeness (QED) is 0.549. The van der Waals surface area contributed by atoms with Crippen LogP contribution in [0.5, 0.6) is 0 Å². The summed E-state index contributed by atoms with van der Waals surface area (Å²) in [6.45, 7) is 1.39. The second-order valence-electron chi connectivity index (χ2n) is 1.63. The molecule has 0 fully saturated rings. The smallest absolute Gasteiger partial charge is 0.303 e. The molecule has 0 aliphatic heterocycles. The van der Waals surface area contributed by atoms with Crippen LogP contribution in [0, 0.1) is 0 Å². The van der Waals surface area contributed by atoms with Crippen LogP contribution >= 0.6 is 0 Å². The Labute approximate surface area is 57.0 Å². The van der Waals surface area contributed by atoms with E-state index in [1.54, 1.807) is 0 Å². The van der Waals surface area contributed by atoms with Gasteiger partial charge in [0.15, 0.2) is 6.61 Å². The highest BCUT2D eigenvalue weighted by atomic mass is 16.5. The van der Waals surface area contributed by atoms with Gasteiger partial charge in [-0.2, -0.15) is 4.98 Å². The van der Waals surface area contributed by atoms with Crippen molar-refractivity contribution in [3.05, 3.63) is 12.2 Å². The van der Waals surface area contributed by atoms with E-state index >= 15 is 0 Å². The molecule has 54 valence electrons. The van der Waals surface area contributed by atoms with E-state index < -0.39 is 0 Å². The van der Waals surface area contributed by atoms with Crippen LogP contribution in [0.2, 0.25) is 0 Å². The average molecular weight is 142 g/mol. The van der Waals surface area contributed by atoms with E-state index in [1.807, 2.05) is 0 Å². The summed E-state index contributed by atoms with van der Waals surface area (Å²) in [5.41, 5.74) is 0. The predicted octanol–water partition coefficient (Wildman–Crippen LogP) is 0.133. The van der Waals surface area contributed by atoms with Crippen LogP contribution in [0.1, 0.15) is 12.7 Å². The fourth-order valence-corrected chi connectivity index (χ4v) is 0.422. The SMILES string of the molecule is CC(=O)OCc1ncon1. The van der Waals surface area contributed by atoms with Gasteiger partial charge < -0.3 is 9.26 Å². The molecule has 0 saturated heterocycles. The summed E-state index contributed by atoms with van der Waals surface area (Å²) in [6, 6.07) is 0. The molecule has 0 N–H and O–H groups in total. The highest BCUT2D eigenvalue weighted by Gasteiger charge is 1.99. The maximum atomic E-state index is 10.2. The van der Waals surface area contributed by atoms with Crippen molar-refractivity contribution in [3.8, 4) is 0 Å². The van der Waals surface area contributed by atoms with Crippen molar-refractivity contribution in [3.63, 3.8) is 0 Å². The Morgan fingerprint density at radius 1 is 1.90 bits per heavy atom. The van der Waals surface area contributed by atoms with E-state index in [0.29, 0.717) is 5.82 Å². The lowest BCUT2D eigenvalue weighted by Crippen LogP contribution is -1.99. The van der Waals surface area contributed by atoms with E-state index in [9.17, 15) is 4.79 Å². The lowest BCUT2D eigenvalue weighted by atomic mass is 10.6. The summed E-state index contributed by atoms with van der Waals surface area (Å²) in [4.78, 5) is 13.9. The molecule has 0 aromatic carbocycles. The second kappa shape index (κ2) is 2.95. The summed E-state index contributed by atoms with van der Waals surface area (Å²) in [6.07, 6.45) is 1.18. The third-order valence-electron chi connectivity index (χ3n) is 0.811. The normalized spacial score (nSPS) is 9.30. The Bertz CT molecular complexity index is 207. The van der Waals surface area contributed by atoms with Crippen LogP contribution < -0.4 is 0 Å². The Morgan fingerprint density at radius 2 is 2.70 bits per heavy atom. The van der Waals surface area contributed by atoms with Gasteiger partial charge in [0, 0.05) is 6.92 Å². The Morgan fingerprint density at radius 3 is 3.20 bits per heavy atom. The molecule has 1 aromatic rings. The van der Waals surface area contributed by atoms with Crippen LogP contribution in [0.3, 0.4) is 0 Å². The molecule has 0 spiro atoms. The van der Waals surface area contributed by atoms with Crippen LogP contribution in [0.15, 0.2) is 10.9 Å². The highest BCUT2D eigenvalue weighted by Crippen LogP contribution is 1.90. The molecule has 0 bridgehead atoms. The number of esters is 1. The van der Waals surface area contributed by atoms with Gasteiger partial charge in [0.25, 0.3) is 0 Å². The first-order valence-corrected chi connectivity index (χ1v) is 2.67. The number of hydrogen-bond acceptors (Lipinski definition) is 5. The molecule has 10 heavy (non-hydrogen) atoms. The fraction of sp³-hybridized carbons (Fsp3) is 0.400. The number of ether oxygens (including phenoxy) is 1. The maximum absolute atomic E-state index is 10.2. The molecule has 1 aromatic heterocycles. The minimum absolute atomic E-state index is 0.0752. The molecule has 5 nitrogen and oxygen atoms in total. The van der Waals surface area contributed by atoms with Crippen molar-refractivity contribution in [2.45, 2.75) is 13.5 Å². The fourth-order valence-electron chi connectivity index (χ4n) is 0.422. The number of nitrogens with zero attached hydrogens (tertiary/aromatic N) is 2. The summed E-state index contributed by atoms with van der Waals surface area (Å²) in [5.74, 6) is 0.0139. The molecular weight excluding hydrogens is 136 g/mol. The number of carbonyl (C=O) groups excluding carboxylic acids is 1. The number of aromatic nitrogens is 2. The molecular formula is C5H6N2O3. The zero-order valence-electron chi connectivity index (χ0n) is 5.40. The summed E-state index contributed by atoms with van der Waals surface area (Å²) < 4.78 is 8.96. The largest absolute Gasteiger partial charge is 0.457 e. The van der Waals surface area contributed by atoms with Crippen LogP contribution in [0.4, 0.5) is 0 Å². The lowest BCUT2D eigenvalue weighted by molar-refractivity contribution is -0.142. The minimum Gasteiger partial charge on any atom is -0.457 e. The van der Waals surface area contributed by atoms with Gasteiger partial charge in [-0.1, -0.05) is 5.16 Å². The Balaban J connectivity index is 2.35. The number of carbonyl (C=O) groups is 1. The second-order valence-corrected chi connectivity index (χ2v) is 1.63. The molecule has 0 aliphatic rings. The summed E-state index contributed by atoms with van der Waals surface area (Å²) >= 11 is 0. The molecule has 5 heteroatoms. The van der Waals surface area contributed by atoms with Crippen molar-refractivity contribution < 1.29 is 14.1 Å². The average Bonchev–Trinajstić information content (AvgIpc) is 2.34. The molecule has 0 amide bonds. The van der Waals surface area contributed by atoms with Crippen molar-refractivity contribution in [2.24, 2.45) is 0 Å². The van der Waals surface area contributed by atoms with Gasteiger partial charge in [0.1, 0.15) is 0 Å². The summed E-state index contributed by atoms with van der Waals surface area (Å²) in [7, 11) is 0. The van der Waals surface area contributed by atoms with E-state index in [-0.39, 0.29) is 12.6 Å². The predicted molar refractivity (Wildman–Crippen MR) is 29.8 cm³/mol. The molecule has 0 saturated carbocycles. The first-order chi connectivity index (χ1) is 4.79. The van der Waals surface area contributed by atoms with Crippen molar-refractivity contribution in [1.29, 1.82) is 0 Å². The first kappa shape index (κ1) is 6.73. The monoisotopic (exact) mass is 142 g/mol. The standard InChI is InChI=1S/C5H6N2O3/c1-4(8)9-2-5-6-3-10-7-5/h3H,2H2,1H3. The van der Waals surface area contributed by atoms with E-state index in [1.165, 1.54) is 13.3 Å². The van der Waals surface area contributed by atoms with Crippen molar-refractivity contribution >= 4 is 5.97 Å². The number of rotatable bonds is 2. The number of hydrogen-bond donors (Lipinski definition) is 0. The van der Waals surface area contributed by atoms with Gasteiger partial charge in [0.2, 0.25) is 12.2 Å². The van der Waals surface area contributed by atoms with Gasteiger partial charge in [-0.25, -0.2) is 0 Å². The van der Waals surface area contributed by atoms with Crippen LogP contribution in [-0.4, -0.2) is 16.1 Å². The molecule has 0 aliphatic carbocycles. The zero-order valence-corrected chi connectivity index (χ0v) is 5.40. The Hall–Kier alpha value is -1.39. The third kappa shape index (κ3) is 1.85. The van der Waals surface area contributed by atoms with Gasteiger partial charge in [0.05, 0.1) is 0 Å². The topological polar surface area (TPSA) is 65.2 Å². The van der Waals surface area contributed by atoms with Crippen LogP contribution in [-0.2, 0) is 16.1 Å². The molecule has 0 unspecified atom stereocenters. The maximum Gasteiger partial charge on any atom is 0.303 e. The van der Waals surface area contributed by atoms with E-state index in [0.717, 1.165) is 0 Å². The van der Waals surface area contributed by atoms with E-state index in [2.05, 4.69) is 19.4 Å². The molecule has 0 atom stereocenters. The highest BCUT2D eigenvalue weighted by molar-refractivity contribution is 5.65. The first-order valence-electron chi connectivity index (χ1n) is 2.67. The van der Waals surface area contributed by atoms with Gasteiger partial charge in [-0.05, 0) is 0 Å². The van der Waals surface area contributed by atoms with Crippen molar-refractivity contribution in [2.75, 3.05) is 0 Å². The zero-order chi connectivity index (χ0) is 7.40. The van der Waals surface area contributed by atoms with Crippen LogP contribution in [0.25, 0.3) is 0 Å². The lowest BCUT2D eigenvalue weighted by Gasteiger charge is -1.93. The molecule has 1 heterocycles. The third-order valence-corrected chi connectivity index (χ3v) is 0.811. The van der Waals surface area contributed by atoms with Crippen molar-refractivity contribution in [1.82, 2.24) is 10.1 Å². The van der Waals surface area contributed by atoms with Gasteiger partial charge in [-0.15, -0.1) is 0 Å². The van der Waals surface area contributed by atoms with Gasteiger partial charge in [-0.3, -0.25) is 4.79 Å². The molecule has 0 radical (unpaired) electrons.